The van der Waals surface area contributed by atoms with Crippen LogP contribution in [-0.2, 0) is 0 Å². The Morgan fingerprint density at radius 3 is 2.00 bits per heavy atom. The van der Waals surface area contributed by atoms with E-state index in [0.29, 0.717) is 22.3 Å². The van der Waals surface area contributed by atoms with E-state index < -0.39 is 21.5 Å². The van der Waals surface area contributed by atoms with Gasteiger partial charge >= 0.3 is 119 Å². The molecule has 0 unspecified atom stereocenters. The predicted molar refractivity (Wildman–Crippen MR) is 63.0 cm³/mol. The van der Waals surface area contributed by atoms with Crippen LogP contribution in [0.2, 0.25) is 0 Å². The molecule has 1 aliphatic rings. The molecule has 19 heavy (non-hydrogen) atoms. The Hall–Kier alpha value is -1.89. The summed E-state index contributed by atoms with van der Waals surface area (Å²) in [6.45, 7) is 0. The molecule has 4 nitrogen and oxygen atoms in total. The van der Waals surface area contributed by atoms with E-state index in [1.165, 1.54) is 3.11 Å². The molecule has 0 spiro atoms. The van der Waals surface area contributed by atoms with Crippen molar-refractivity contribution in [1.29, 1.82) is 0 Å². The average molecular weight is 364 g/mol. The molecule has 2 amide bonds. The summed E-state index contributed by atoms with van der Waals surface area (Å²) in [6, 6.07) is 13.1. The van der Waals surface area contributed by atoms with Gasteiger partial charge in [-0.2, -0.15) is 0 Å². The van der Waals surface area contributed by atoms with Crippen molar-refractivity contribution in [3.8, 4) is 0 Å². The Morgan fingerprint density at radius 1 is 0.842 bits per heavy atom. The van der Waals surface area contributed by atoms with Crippen LogP contribution in [0.4, 0.5) is 0 Å². The summed E-state index contributed by atoms with van der Waals surface area (Å²) in [5.41, 5.74) is 1.92. The molecule has 0 saturated heterocycles. The van der Waals surface area contributed by atoms with Crippen LogP contribution in [0, 0.1) is 3.57 Å². The van der Waals surface area contributed by atoms with E-state index in [4.69, 9.17) is 4.42 Å². The minimum absolute atomic E-state index is 0.217. The third-order valence-electron chi connectivity index (χ3n) is 3.05. The molecule has 1 aromatic carbocycles. The first-order valence-corrected chi connectivity index (χ1v) is 7.74. The Kier molecular flexibility index (Phi) is 2.20. The van der Waals surface area contributed by atoms with E-state index >= 15 is 0 Å². The van der Waals surface area contributed by atoms with Crippen LogP contribution < -0.4 is 21.5 Å². The van der Waals surface area contributed by atoms with Crippen molar-refractivity contribution in [3.63, 3.8) is 0 Å². The van der Waals surface area contributed by atoms with Crippen molar-refractivity contribution in [2.75, 3.05) is 0 Å². The van der Waals surface area contributed by atoms with Crippen LogP contribution in [0.1, 0.15) is 20.7 Å². The molecule has 94 valence electrons. The molecule has 3 aromatic rings. The fourth-order valence-electron chi connectivity index (χ4n) is 2.21. The van der Waals surface area contributed by atoms with Crippen molar-refractivity contribution in [2.45, 2.75) is 0 Å². The van der Waals surface area contributed by atoms with E-state index in [-0.39, 0.29) is 11.8 Å². The van der Waals surface area contributed by atoms with Gasteiger partial charge in [0.2, 0.25) is 0 Å². The van der Waals surface area contributed by atoms with Gasteiger partial charge in [0.1, 0.15) is 0 Å². The summed E-state index contributed by atoms with van der Waals surface area (Å²) in [7, 11) is 0. The Balaban J connectivity index is 1.75. The second kappa shape index (κ2) is 3.80. The van der Waals surface area contributed by atoms with Gasteiger partial charge in [0, 0.05) is 0 Å². The number of amides is 2. The number of hydrogen-bond acceptors (Lipinski definition) is 3. The zero-order valence-corrected chi connectivity index (χ0v) is 11.7. The number of benzene rings is 2. The first-order valence-electron chi connectivity index (χ1n) is 5.69. The average Bonchev–Trinajstić information content (AvgIpc) is 3.10. The summed E-state index contributed by atoms with van der Waals surface area (Å²) < 4.78 is 7.80. The van der Waals surface area contributed by atoms with Gasteiger partial charge < -0.3 is 0 Å². The van der Waals surface area contributed by atoms with E-state index in [1.807, 2.05) is 30.3 Å². The molecule has 5 heteroatoms. The van der Waals surface area contributed by atoms with Gasteiger partial charge in [0.25, 0.3) is 0 Å². The van der Waals surface area contributed by atoms with Crippen molar-refractivity contribution >= 4 is 23.0 Å². The van der Waals surface area contributed by atoms with Crippen molar-refractivity contribution < 1.29 is 35.5 Å². The molecule has 0 N–H and O–H groups in total. The van der Waals surface area contributed by atoms with Gasteiger partial charge in [0.15, 0.2) is 0 Å². The normalized spacial score (nSPS) is 14.8. The van der Waals surface area contributed by atoms with Crippen molar-refractivity contribution in [3.05, 3.63) is 57.2 Å². The Morgan fingerprint density at radius 2 is 1.42 bits per heavy atom. The predicted octanol–water partition coefficient (Wildman–Crippen LogP) is -0.660. The zero-order chi connectivity index (χ0) is 13.0. The number of nitrogens with zero attached hydrogens (tertiary/aromatic N) is 1. The molecule has 0 fully saturated rings. The molecule has 2 aromatic heterocycles. The van der Waals surface area contributed by atoms with Crippen molar-refractivity contribution in [2.24, 2.45) is 0 Å². The third kappa shape index (κ3) is 1.45. The monoisotopic (exact) mass is 364 g/mol. The fraction of sp³-hybridized carbons (Fsp3) is 0. The van der Waals surface area contributed by atoms with Crippen LogP contribution in [-0.4, -0.2) is 14.9 Å². The number of fused-ring (bicyclic) bond motifs is 5. The Bertz CT molecular complexity index is 748. The third-order valence-corrected chi connectivity index (χ3v) is 5.68. The van der Waals surface area contributed by atoms with Crippen LogP contribution in [0.15, 0.2) is 46.9 Å². The number of carbonyl (C=O) groups is 2. The maximum atomic E-state index is 12.3. The number of furan rings is 2. The van der Waals surface area contributed by atoms with Gasteiger partial charge in [-0.25, -0.2) is 0 Å². The Labute approximate surface area is 118 Å². The van der Waals surface area contributed by atoms with E-state index in [9.17, 15) is 9.59 Å². The number of hydrogen-bond donors (Lipinski definition) is 0. The molecule has 0 radical (unpaired) electrons. The molecule has 0 saturated carbocycles. The van der Waals surface area contributed by atoms with Crippen molar-refractivity contribution in [1.82, 2.24) is 3.11 Å². The summed E-state index contributed by atoms with van der Waals surface area (Å²) in [6.07, 6.45) is 0. The van der Waals surface area contributed by atoms with E-state index in [2.05, 4.69) is 0 Å². The minimum atomic E-state index is -0.812. The fourth-order valence-corrected chi connectivity index (χ4v) is 4.43. The molecule has 3 heterocycles. The van der Waals surface area contributed by atoms with Crippen LogP contribution >= 0.6 is 0 Å². The maximum absolute atomic E-state index is 12.3. The molecule has 4 rings (SSSR count). The summed E-state index contributed by atoms with van der Waals surface area (Å²) >= 11 is -0.812. The van der Waals surface area contributed by atoms with Gasteiger partial charge in [-0.15, -0.1) is 0 Å². The molecule has 0 atom stereocenters. The van der Waals surface area contributed by atoms with Gasteiger partial charge in [-0.1, -0.05) is 0 Å². The SMILES string of the molecule is O=C1c2c(c3ccc2o3)C(=O)N1[I-]c1ccccc1. The topological polar surface area (TPSA) is 50.5 Å². The number of carbonyl (C=O) groups excluding carboxylic acids is 2. The van der Waals surface area contributed by atoms with Crippen LogP contribution in [0.5, 0.6) is 0 Å². The standard InChI is InChI=1S/C14H7INO3/c17-13-11-9-6-7-10(19-9)12(11)14(18)16(13)15-8-4-2-1-3-5-8/h1-7H/q-1. The molecule has 2 bridgehead atoms. The van der Waals surface area contributed by atoms with E-state index in [1.54, 1.807) is 12.1 Å². The van der Waals surface area contributed by atoms with Crippen LogP contribution in [0.3, 0.4) is 0 Å². The number of halogens is 1. The van der Waals surface area contributed by atoms with E-state index in [0.717, 1.165) is 3.57 Å². The second-order valence-electron chi connectivity index (χ2n) is 4.19. The first kappa shape index (κ1) is 11.0. The summed E-state index contributed by atoms with van der Waals surface area (Å²) in [5.74, 6) is -0.433. The molecule has 0 aliphatic carbocycles. The van der Waals surface area contributed by atoms with Gasteiger partial charge in [-0.05, 0) is 0 Å². The quantitative estimate of drug-likeness (QED) is 0.345. The molecular weight excluding hydrogens is 357 g/mol. The summed E-state index contributed by atoms with van der Waals surface area (Å²) in [4.78, 5) is 24.6. The second-order valence-corrected chi connectivity index (χ2v) is 6.88. The van der Waals surface area contributed by atoms with Gasteiger partial charge in [0.05, 0.1) is 0 Å². The number of imide groups is 1. The molecular formula is C14H7INO3-. The van der Waals surface area contributed by atoms with Gasteiger partial charge in [-0.3, -0.25) is 0 Å². The number of rotatable bonds is 2. The zero-order valence-electron chi connectivity index (χ0n) is 9.59. The van der Waals surface area contributed by atoms with Crippen LogP contribution in [0.25, 0.3) is 11.2 Å². The first-order chi connectivity index (χ1) is 9.25. The molecule has 1 aliphatic heterocycles. The summed E-state index contributed by atoms with van der Waals surface area (Å²) in [5, 5.41) is 0.